The van der Waals surface area contributed by atoms with Gasteiger partial charge in [-0.1, -0.05) is 12.1 Å². The van der Waals surface area contributed by atoms with Crippen molar-refractivity contribution in [3.05, 3.63) is 24.3 Å². The number of aliphatic imine (C=N–C) groups is 1. The van der Waals surface area contributed by atoms with E-state index < -0.39 is 10.0 Å². The minimum absolute atomic E-state index is 0.192. The van der Waals surface area contributed by atoms with Crippen LogP contribution < -0.4 is 0 Å². The minimum Gasteiger partial charge on any atom is -0.304 e. The quantitative estimate of drug-likeness (QED) is 0.624. The van der Waals surface area contributed by atoms with Gasteiger partial charge in [-0.3, -0.25) is 0 Å². The lowest BCUT2D eigenvalue weighted by Gasteiger charge is -2.31. The molecule has 1 aromatic carbocycles. The molecular formula is C12H15N3O2S2. The Labute approximate surface area is 118 Å². The molecule has 0 spiro atoms. The normalized spacial score (nSPS) is 17.9. The first-order valence-electron chi connectivity index (χ1n) is 5.91. The fraction of sp³-hybridized carbons (Fsp3) is 0.417. The SMILES string of the molecule is CN1CCN(S(=O)(=O)c2ccccc2N=C=S)CC1. The van der Waals surface area contributed by atoms with Crippen LogP contribution >= 0.6 is 12.2 Å². The third-order valence-electron chi connectivity index (χ3n) is 3.11. The number of sulfonamides is 1. The molecule has 1 heterocycles. The Morgan fingerprint density at radius 1 is 1.21 bits per heavy atom. The predicted molar refractivity (Wildman–Crippen MR) is 77.4 cm³/mol. The second-order valence-electron chi connectivity index (χ2n) is 4.38. The number of piperazine rings is 1. The summed E-state index contributed by atoms with van der Waals surface area (Å²) in [5.74, 6) is 0. The van der Waals surface area contributed by atoms with Gasteiger partial charge in [0.05, 0.1) is 10.8 Å². The molecule has 1 aliphatic rings. The second kappa shape index (κ2) is 5.90. The first-order chi connectivity index (χ1) is 9.05. The van der Waals surface area contributed by atoms with Gasteiger partial charge in [-0.25, -0.2) is 8.42 Å². The standard InChI is InChI=1S/C12H15N3O2S2/c1-14-6-8-15(9-7-14)19(16,17)12-5-3-2-4-11(12)13-10-18/h2-5H,6-9H2,1H3. The second-order valence-corrected chi connectivity index (χ2v) is 6.47. The molecule has 0 unspecified atom stereocenters. The van der Waals surface area contributed by atoms with E-state index in [9.17, 15) is 8.42 Å². The molecule has 19 heavy (non-hydrogen) atoms. The maximum Gasteiger partial charge on any atom is 0.245 e. The number of isothiocyanates is 1. The molecule has 0 bridgehead atoms. The van der Waals surface area contributed by atoms with Gasteiger partial charge < -0.3 is 4.90 Å². The van der Waals surface area contributed by atoms with Crippen LogP contribution in [-0.2, 0) is 10.0 Å². The van der Waals surface area contributed by atoms with Gasteiger partial charge in [0, 0.05) is 26.2 Å². The van der Waals surface area contributed by atoms with Crippen LogP contribution in [0.5, 0.6) is 0 Å². The highest BCUT2D eigenvalue weighted by Crippen LogP contribution is 2.27. The van der Waals surface area contributed by atoms with Crippen LogP contribution in [0.3, 0.4) is 0 Å². The monoisotopic (exact) mass is 297 g/mol. The molecule has 1 saturated heterocycles. The molecule has 1 aliphatic heterocycles. The molecule has 0 N–H and O–H groups in total. The average Bonchev–Trinajstić information content (AvgIpc) is 2.40. The van der Waals surface area contributed by atoms with Crippen molar-refractivity contribution in [1.82, 2.24) is 9.21 Å². The largest absolute Gasteiger partial charge is 0.304 e. The van der Waals surface area contributed by atoms with Crippen molar-refractivity contribution < 1.29 is 8.42 Å². The minimum atomic E-state index is -3.51. The topological polar surface area (TPSA) is 53.0 Å². The zero-order valence-corrected chi connectivity index (χ0v) is 12.2. The number of hydrogen-bond donors (Lipinski definition) is 0. The number of thiocarbonyl (C=S) groups is 1. The van der Waals surface area contributed by atoms with Crippen molar-refractivity contribution in [2.24, 2.45) is 4.99 Å². The molecule has 0 atom stereocenters. The van der Waals surface area contributed by atoms with E-state index in [0.717, 1.165) is 13.1 Å². The van der Waals surface area contributed by atoms with Gasteiger partial charge in [-0.15, -0.1) is 0 Å². The van der Waals surface area contributed by atoms with E-state index in [2.05, 4.69) is 27.3 Å². The lowest BCUT2D eigenvalue weighted by atomic mass is 10.3. The van der Waals surface area contributed by atoms with Crippen molar-refractivity contribution in [1.29, 1.82) is 0 Å². The van der Waals surface area contributed by atoms with Gasteiger partial charge in [0.2, 0.25) is 10.0 Å². The van der Waals surface area contributed by atoms with Gasteiger partial charge in [-0.2, -0.15) is 9.30 Å². The van der Waals surface area contributed by atoms with Crippen molar-refractivity contribution in [3.8, 4) is 0 Å². The third-order valence-corrected chi connectivity index (χ3v) is 5.15. The third kappa shape index (κ3) is 3.08. The van der Waals surface area contributed by atoms with Crippen LogP contribution in [-0.4, -0.2) is 56.0 Å². The van der Waals surface area contributed by atoms with E-state index in [1.807, 2.05) is 7.05 Å². The molecule has 0 saturated carbocycles. The number of benzene rings is 1. The van der Waals surface area contributed by atoms with Gasteiger partial charge in [0.1, 0.15) is 4.90 Å². The van der Waals surface area contributed by atoms with E-state index in [0.29, 0.717) is 18.8 Å². The van der Waals surface area contributed by atoms with Crippen LogP contribution in [0.1, 0.15) is 0 Å². The molecule has 0 amide bonds. The Kier molecular flexibility index (Phi) is 4.44. The first kappa shape index (κ1) is 14.3. The van der Waals surface area contributed by atoms with Crippen molar-refractivity contribution in [3.63, 3.8) is 0 Å². The fourth-order valence-corrected chi connectivity index (χ4v) is 3.63. The molecule has 0 aliphatic carbocycles. The summed E-state index contributed by atoms with van der Waals surface area (Å²) in [6.45, 7) is 2.46. The molecule has 0 radical (unpaired) electrons. The summed E-state index contributed by atoms with van der Waals surface area (Å²) in [5, 5.41) is 2.22. The van der Waals surface area contributed by atoms with Crippen LogP contribution in [0, 0.1) is 0 Å². The van der Waals surface area contributed by atoms with Gasteiger partial charge in [-0.05, 0) is 31.4 Å². The first-order valence-corrected chi connectivity index (χ1v) is 7.76. The Bertz CT molecular complexity index is 601. The molecule has 5 nitrogen and oxygen atoms in total. The van der Waals surface area contributed by atoms with Crippen LogP contribution in [0.4, 0.5) is 5.69 Å². The maximum atomic E-state index is 12.6. The van der Waals surface area contributed by atoms with E-state index in [1.54, 1.807) is 24.3 Å². The highest BCUT2D eigenvalue weighted by molar-refractivity contribution is 7.89. The Morgan fingerprint density at radius 3 is 2.47 bits per heavy atom. The fourth-order valence-electron chi connectivity index (χ4n) is 1.98. The number of likely N-dealkylation sites (N-methyl/N-ethyl adjacent to an activating group) is 1. The van der Waals surface area contributed by atoms with E-state index >= 15 is 0 Å². The van der Waals surface area contributed by atoms with Gasteiger partial charge in [0.25, 0.3) is 0 Å². The summed E-state index contributed by atoms with van der Waals surface area (Å²) in [6, 6.07) is 6.60. The summed E-state index contributed by atoms with van der Waals surface area (Å²) in [7, 11) is -1.53. The van der Waals surface area contributed by atoms with Gasteiger partial charge in [0.15, 0.2) is 0 Å². The summed E-state index contributed by atoms with van der Waals surface area (Å²) in [6.07, 6.45) is 0. The molecule has 0 aromatic heterocycles. The average molecular weight is 297 g/mol. The van der Waals surface area contributed by atoms with Crippen LogP contribution in [0.15, 0.2) is 34.2 Å². The number of para-hydroxylation sites is 1. The summed E-state index contributed by atoms with van der Waals surface area (Å²) >= 11 is 4.56. The zero-order valence-electron chi connectivity index (χ0n) is 10.6. The number of hydrogen-bond acceptors (Lipinski definition) is 5. The molecule has 102 valence electrons. The number of nitrogens with zero attached hydrogens (tertiary/aromatic N) is 3. The lowest BCUT2D eigenvalue weighted by Crippen LogP contribution is -2.47. The van der Waals surface area contributed by atoms with Gasteiger partial charge >= 0.3 is 0 Å². The highest BCUT2D eigenvalue weighted by Gasteiger charge is 2.29. The van der Waals surface area contributed by atoms with E-state index in [1.165, 1.54) is 4.31 Å². The Hall–Kier alpha value is -1.11. The summed E-state index contributed by atoms with van der Waals surface area (Å²) < 4.78 is 26.6. The van der Waals surface area contributed by atoms with Crippen LogP contribution in [0.2, 0.25) is 0 Å². The Balaban J connectivity index is 2.37. The van der Waals surface area contributed by atoms with E-state index in [4.69, 9.17) is 0 Å². The summed E-state index contributed by atoms with van der Waals surface area (Å²) in [4.78, 5) is 6.13. The molecule has 2 rings (SSSR count). The number of rotatable bonds is 3. The van der Waals surface area contributed by atoms with Crippen molar-refractivity contribution in [2.75, 3.05) is 33.2 Å². The van der Waals surface area contributed by atoms with Crippen LogP contribution in [0.25, 0.3) is 0 Å². The smallest absolute Gasteiger partial charge is 0.245 e. The Morgan fingerprint density at radius 2 is 1.84 bits per heavy atom. The van der Waals surface area contributed by atoms with Crippen molar-refractivity contribution >= 4 is 33.1 Å². The molecular weight excluding hydrogens is 282 g/mol. The lowest BCUT2D eigenvalue weighted by molar-refractivity contribution is 0.222. The van der Waals surface area contributed by atoms with E-state index in [-0.39, 0.29) is 4.90 Å². The molecule has 7 heteroatoms. The molecule has 1 fully saturated rings. The highest BCUT2D eigenvalue weighted by atomic mass is 32.2. The molecule has 1 aromatic rings. The maximum absolute atomic E-state index is 12.6. The summed E-state index contributed by atoms with van der Waals surface area (Å²) in [5.41, 5.74) is 0.344. The zero-order chi connectivity index (χ0) is 13.9. The predicted octanol–water partition coefficient (Wildman–Crippen LogP) is 1.36. The van der Waals surface area contributed by atoms with Crippen molar-refractivity contribution in [2.45, 2.75) is 4.90 Å².